The molecule has 0 bridgehead atoms. The van der Waals surface area contributed by atoms with Crippen molar-refractivity contribution in [3.63, 3.8) is 0 Å². The number of aliphatic carboxylic acids is 2. The largest absolute Gasteiger partial charge is 0.479 e. The van der Waals surface area contributed by atoms with E-state index in [1.807, 2.05) is 42.4 Å². The van der Waals surface area contributed by atoms with Crippen LogP contribution in [0.5, 0.6) is 0 Å². The summed E-state index contributed by atoms with van der Waals surface area (Å²) in [7, 11) is 1.83. The molecule has 0 aliphatic heterocycles. The number of likely N-dealkylation sites (N-methyl/N-ethyl adjacent to an activating group) is 1. The Morgan fingerprint density at radius 3 is 1.93 bits per heavy atom. The quantitative estimate of drug-likeness (QED) is 0.0712. The van der Waals surface area contributed by atoms with Gasteiger partial charge in [0.15, 0.2) is 17.4 Å². The highest BCUT2D eigenvalue weighted by Gasteiger charge is 2.29. The zero-order valence-corrected chi connectivity index (χ0v) is 33.8. The topological polar surface area (TPSA) is 191 Å². The van der Waals surface area contributed by atoms with E-state index in [9.17, 15) is 23.6 Å². The summed E-state index contributed by atoms with van der Waals surface area (Å²) >= 11 is 7.43. The average molecular weight is 837 g/mol. The maximum Gasteiger partial charge on any atom is 0.335 e. The molecule has 58 heavy (non-hydrogen) atoms. The molecule has 0 aliphatic carbocycles. The number of hydrogen-bond acceptors (Lipinski definition) is 10. The number of carbonyl (C=O) groups is 3. The van der Waals surface area contributed by atoms with Crippen molar-refractivity contribution in [1.82, 2.24) is 29.1 Å². The fourth-order valence-electron chi connectivity index (χ4n) is 5.66. The number of benzene rings is 3. The lowest BCUT2D eigenvalue weighted by Crippen LogP contribution is -2.40. The van der Waals surface area contributed by atoms with Crippen molar-refractivity contribution in [3.8, 4) is 11.1 Å². The van der Waals surface area contributed by atoms with Crippen molar-refractivity contribution < 1.29 is 39.2 Å². The molecule has 14 nitrogen and oxygen atoms in total. The van der Waals surface area contributed by atoms with Gasteiger partial charge in [-0.05, 0) is 65.2 Å². The summed E-state index contributed by atoms with van der Waals surface area (Å²) in [5.74, 6) is -3.46. The predicted octanol–water partition coefficient (Wildman–Crippen LogP) is 4.57. The Kier molecular flexibility index (Phi) is 17.1. The molecule has 0 fully saturated rings. The fraction of sp³-hybridized carbons (Fsp3) is 0.317. The Morgan fingerprint density at radius 1 is 0.828 bits per heavy atom. The number of carbonyl (C=O) groups excluding carboxylic acids is 1. The van der Waals surface area contributed by atoms with Crippen molar-refractivity contribution in [3.05, 3.63) is 135 Å². The second kappa shape index (κ2) is 21.9. The maximum atomic E-state index is 14.2. The monoisotopic (exact) mass is 836 g/mol. The number of aryl methyl sites for hydroxylation is 1. The van der Waals surface area contributed by atoms with Crippen LogP contribution in [0.3, 0.4) is 0 Å². The molecule has 308 valence electrons. The van der Waals surface area contributed by atoms with Crippen molar-refractivity contribution in [1.29, 1.82) is 0 Å². The summed E-state index contributed by atoms with van der Waals surface area (Å²) in [6.07, 6.45) is 1.15. The molecular weight excluding hydrogens is 791 g/mol. The van der Waals surface area contributed by atoms with Crippen LogP contribution < -0.4 is 5.56 Å². The summed E-state index contributed by atoms with van der Waals surface area (Å²) in [6.45, 7) is 7.75. The Hall–Kier alpha value is -5.39. The molecule has 17 heteroatoms. The number of hydrogen-bond donors (Lipinski definition) is 4. The summed E-state index contributed by atoms with van der Waals surface area (Å²) in [4.78, 5) is 55.5. The highest BCUT2D eigenvalue weighted by molar-refractivity contribution is 7.98. The van der Waals surface area contributed by atoms with E-state index in [0.29, 0.717) is 41.0 Å². The van der Waals surface area contributed by atoms with Gasteiger partial charge in [-0.1, -0.05) is 85.7 Å². The highest BCUT2D eigenvalue weighted by Crippen LogP contribution is 2.24. The van der Waals surface area contributed by atoms with Crippen LogP contribution in [0.15, 0.2) is 101 Å². The van der Waals surface area contributed by atoms with Crippen LogP contribution in [0, 0.1) is 5.82 Å². The van der Waals surface area contributed by atoms with E-state index >= 15 is 0 Å². The Bertz CT molecular complexity index is 2160. The minimum Gasteiger partial charge on any atom is -0.479 e. The molecule has 5 aromatic rings. The van der Waals surface area contributed by atoms with E-state index in [4.69, 9.17) is 32.0 Å². The van der Waals surface area contributed by atoms with Crippen LogP contribution in [-0.4, -0.2) is 106 Å². The van der Waals surface area contributed by atoms with Gasteiger partial charge in [0.25, 0.3) is 5.56 Å². The molecule has 1 amide bonds. The minimum absolute atomic E-state index is 0.0141. The van der Waals surface area contributed by atoms with Gasteiger partial charge < -0.3 is 34.8 Å². The Balaban J connectivity index is 0.000000657. The lowest BCUT2D eigenvalue weighted by molar-refractivity contribution is -0.165. The lowest BCUT2D eigenvalue weighted by Gasteiger charge is -2.27. The molecule has 5 rings (SSSR count). The Labute approximate surface area is 344 Å². The number of amides is 1. The molecule has 2 aromatic heterocycles. The number of thioether (sulfide) groups is 1. The van der Waals surface area contributed by atoms with Crippen LogP contribution in [-0.2, 0) is 46.7 Å². The zero-order chi connectivity index (χ0) is 42.4. The third-order valence-corrected chi connectivity index (χ3v) is 10.3. The van der Waals surface area contributed by atoms with Gasteiger partial charge >= 0.3 is 11.9 Å². The van der Waals surface area contributed by atoms with Gasteiger partial charge in [-0.25, -0.2) is 14.0 Å². The first-order valence-electron chi connectivity index (χ1n) is 18.3. The van der Waals surface area contributed by atoms with E-state index in [1.165, 1.54) is 23.9 Å². The molecule has 3 aromatic carbocycles. The van der Waals surface area contributed by atoms with Gasteiger partial charge in [0, 0.05) is 61.8 Å². The summed E-state index contributed by atoms with van der Waals surface area (Å²) < 4.78 is 17.0. The number of carboxylic acids is 2. The maximum absolute atomic E-state index is 14.2. The number of carboxylic acid groups (broad SMARTS) is 2. The van der Waals surface area contributed by atoms with E-state index in [2.05, 4.69) is 53.1 Å². The van der Waals surface area contributed by atoms with Gasteiger partial charge in [-0.2, -0.15) is 10.1 Å². The summed E-state index contributed by atoms with van der Waals surface area (Å²) in [6, 6.07) is 22.2. The van der Waals surface area contributed by atoms with E-state index in [0.717, 1.165) is 47.5 Å². The minimum atomic E-state index is -2.27. The first kappa shape index (κ1) is 45.3. The second-order valence-electron chi connectivity index (χ2n) is 13.2. The molecule has 2 atom stereocenters. The molecule has 0 radical (unpaired) electrons. The molecule has 2 heterocycles. The first-order chi connectivity index (χ1) is 27.7. The predicted molar refractivity (Wildman–Crippen MR) is 218 cm³/mol. The van der Waals surface area contributed by atoms with Crippen LogP contribution >= 0.6 is 23.4 Å². The average Bonchev–Trinajstić information content (AvgIpc) is 3.63. The smallest absolute Gasteiger partial charge is 0.335 e. The number of halogens is 2. The van der Waals surface area contributed by atoms with Crippen LogP contribution in [0.25, 0.3) is 11.1 Å². The molecule has 2 unspecified atom stereocenters. The van der Waals surface area contributed by atoms with Gasteiger partial charge in [-0.15, -0.1) is 0 Å². The normalized spacial score (nSPS) is 12.1. The number of rotatable bonds is 18. The van der Waals surface area contributed by atoms with Gasteiger partial charge in [0.05, 0.1) is 6.20 Å². The van der Waals surface area contributed by atoms with Crippen LogP contribution in [0.1, 0.15) is 36.1 Å². The molecule has 4 N–H and O–H groups in total. The SMILES string of the molecule is CCN(CC)CCN(Cc1ccc(-c2ccc(Cl)cc2)cc1)C(=O)Cn1cc(Cc2cnn(C)c2)c(=O)nc1SCc1ccc(F)cc1.O=C(O)C(O)C(O)C(=O)O. The molecule has 0 spiro atoms. The number of aromatic nitrogens is 4. The van der Waals surface area contributed by atoms with Crippen molar-refractivity contribution in [2.24, 2.45) is 7.05 Å². The summed E-state index contributed by atoms with van der Waals surface area (Å²) in [5.41, 5.74) is 5.05. The molecule has 0 aliphatic rings. The van der Waals surface area contributed by atoms with Crippen LogP contribution in [0.2, 0.25) is 5.02 Å². The van der Waals surface area contributed by atoms with Gasteiger partial charge in [0.2, 0.25) is 5.91 Å². The third kappa shape index (κ3) is 13.6. The fourth-order valence-corrected chi connectivity index (χ4v) is 6.70. The molecular formula is C41H46ClFN6O8S. The molecule has 0 saturated carbocycles. The van der Waals surface area contributed by atoms with E-state index < -0.39 is 24.1 Å². The second-order valence-corrected chi connectivity index (χ2v) is 14.6. The van der Waals surface area contributed by atoms with Crippen LogP contribution in [0.4, 0.5) is 4.39 Å². The standard InChI is InChI=1S/C37H40ClFN6O2S.C4H6O6/c1-4-43(5-2)18-19-44(23-27-6-10-30(11-7-27)31-12-14-33(38)15-13-31)35(46)25-45-24-32(20-29-21-40-42(3)22-29)36(47)41-37(45)48-26-28-8-16-34(39)17-9-28;5-1(3(7)8)2(6)4(9)10/h6-17,21-22,24H,4-5,18-20,23,25-26H2,1-3H3;1-2,5-6H,(H,7,8)(H,9,10). The van der Waals surface area contributed by atoms with E-state index in [1.54, 1.807) is 33.8 Å². The van der Waals surface area contributed by atoms with Gasteiger partial charge in [0.1, 0.15) is 12.4 Å². The van der Waals surface area contributed by atoms with Crippen molar-refractivity contribution in [2.75, 3.05) is 26.2 Å². The highest BCUT2D eigenvalue weighted by atomic mass is 35.5. The van der Waals surface area contributed by atoms with Crippen molar-refractivity contribution in [2.45, 2.75) is 56.5 Å². The van der Waals surface area contributed by atoms with Gasteiger partial charge in [-0.3, -0.25) is 14.3 Å². The lowest BCUT2D eigenvalue weighted by atomic mass is 10.0. The number of nitrogens with zero attached hydrogens (tertiary/aromatic N) is 6. The van der Waals surface area contributed by atoms with E-state index in [-0.39, 0.29) is 23.8 Å². The zero-order valence-electron chi connectivity index (χ0n) is 32.2. The van der Waals surface area contributed by atoms with Crippen molar-refractivity contribution >= 4 is 41.2 Å². The first-order valence-corrected chi connectivity index (χ1v) is 19.7. The Morgan fingerprint density at radius 2 is 1.40 bits per heavy atom. The summed E-state index contributed by atoms with van der Waals surface area (Å²) in [5, 5.41) is 37.9. The third-order valence-electron chi connectivity index (χ3n) is 9.01. The molecule has 0 saturated heterocycles. The number of aliphatic hydroxyl groups is 2. The number of aliphatic hydroxyl groups excluding tert-OH is 2.